The summed E-state index contributed by atoms with van der Waals surface area (Å²) in [6.45, 7) is 6.45. The van der Waals surface area contributed by atoms with Crippen LogP contribution in [-0.4, -0.2) is 80.1 Å². The second kappa shape index (κ2) is 7.38. The SMILES string of the molecule is CN=C(NCC(C)N(C)C)N1CCC(C2(C)NC(=O)NC2=O)CC1. The Morgan fingerprint density at radius 3 is 2.50 bits per heavy atom. The Bertz CT molecular complexity index is 513. The minimum Gasteiger partial charge on any atom is -0.355 e. The van der Waals surface area contributed by atoms with Gasteiger partial charge >= 0.3 is 6.03 Å². The molecule has 0 saturated carbocycles. The smallest absolute Gasteiger partial charge is 0.322 e. The first-order valence-electron chi connectivity index (χ1n) is 8.53. The molecule has 2 heterocycles. The van der Waals surface area contributed by atoms with Crippen LogP contribution in [0.25, 0.3) is 0 Å². The van der Waals surface area contributed by atoms with Crippen molar-refractivity contribution in [2.24, 2.45) is 10.9 Å². The maximum absolute atomic E-state index is 12.1. The first-order valence-corrected chi connectivity index (χ1v) is 8.53. The normalized spacial score (nSPS) is 27.2. The average molecular weight is 338 g/mol. The predicted octanol–water partition coefficient (Wildman–Crippen LogP) is -0.178. The zero-order valence-electron chi connectivity index (χ0n) is 15.3. The predicted molar refractivity (Wildman–Crippen MR) is 93.9 cm³/mol. The second-order valence-corrected chi connectivity index (χ2v) is 7.11. The summed E-state index contributed by atoms with van der Waals surface area (Å²) in [5.74, 6) is 0.819. The molecule has 0 aromatic heterocycles. The summed E-state index contributed by atoms with van der Waals surface area (Å²) in [5.41, 5.74) is -0.792. The van der Waals surface area contributed by atoms with Crippen LogP contribution in [0.3, 0.4) is 0 Å². The van der Waals surface area contributed by atoms with Crippen molar-refractivity contribution in [2.75, 3.05) is 40.8 Å². The number of guanidine groups is 1. The van der Waals surface area contributed by atoms with Gasteiger partial charge in [0.05, 0.1) is 0 Å². The molecule has 0 radical (unpaired) electrons. The van der Waals surface area contributed by atoms with Gasteiger partial charge in [0, 0.05) is 32.7 Å². The van der Waals surface area contributed by atoms with Gasteiger partial charge in [-0.05, 0) is 46.7 Å². The van der Waals surface area contributed by atoms with E-state index in [-0.39, 0.29) is 17.9 Å². The highest BCUT2D eigenvalue weighted by atomic mass is 16.2. The lowest BCUT2D eigenvalue weighted by atomic mass is 9.79. The van der Waals surface area contributed by atoms with Crippen LogP contribution in [0.5, 0.6) is 0 Å². The minimum absolute atomic E-state index is 0.138. The van der Waals surface area contributed by atoms with Gasteiger partial charge in [-0.3, -0.25) is 15.1 Å². The van der Waals surface area contributed by atoms with Gasteiger partial charge in [-0.2, -0.15) is 0 Å². The zero-order chi connectivity index (χ0) is 17.9. The lowest BCUT2D eigenvalue weighted by Gasteiger charge is -2.40. The number of piperidine rings is 1. The van der Waals surface area contributed by atoms with E-state index < -0.39 is 5.54 Å². The number of likely N-dealkylation sites (N-methyl/N-ethyl adjacent to an activating group) is 1. The number of urea groups is 1. The highest BCUT2D eigenvalue weighted by molar-refractivity contribution is 6.07. The standard InChI is InChI=1S/C16H30N6O2/c1-11(21(4)5)10-18-14(17-3)22-8-6-12(7-9-22)16(2)13(23)19-15(24)20-16/h11-12H,6-10H2,1-5H3,(H,17,18)(H2,19,20,23,24). The van der Waals surface area contributed by atoms with Crippen molar-refractivity contribution >= 4 is 17.9 Å². The highest BCUT2D eigenvalue weighted by Crippen LogP contribution is 2.30. The minimum atomic E-state index is -0.792. The summed E-state index contributed by atoms with van der Waals surface area (Å²) in [7, 11) is 5.91. The number of likely N-dealkylation sites (tertiary alicyclic amines) is 1. The van der Waals surface area contributed by atoms with E-state index in [9.17, 15) is 9.59 Å². The van der Waals surface area contributed by atoms with Crippen LogP contribution in [0, 0.1) is 5.92 Å². The van der Waals surface area contributed by atoms with Crippen molar-refractivity contribution < 1.29 is 9.59 Å². The highest BCUT2D eigenvalue weighted by Gasteiger charge is 2.48. The van der Waals surface area contributed by atoms with Gasteiger partial charge in [0.2, 0.25) is 0 Å². The van der Waals surface area contributed by atoms with Crippen LogP contribution in [0.2, 0.25) is 0 Å². The Hall–Kier alpha value is -1.83. The van der Waals surface area contributed by atoms with Crippen LogP contribution in [0.1, 0.15) is 26.7 Å². The number of nitrogens with one attached hydrogen (secondary N) is 3. The van der Waals surface area contributed by atoms with E-state index >= 15 is 0 Å². The molecular formula is C16H30N6O2. The molecule has 0 aliphatic carbocycles. The van der Waals surface area contributed by atoms with Crippen LogP contribution < -0.4 is 16.0 Å². The molecule has 3 N–H and O–H groups in total. The van der Waals surface area contributed by atoms with Crippen molar-refractivity contribution in [1.29, 1.82) is 0 Å². The molecule has 0 aromatic rings. The van der Waals surface area contributed by atoms with E-state index in [1.54, 1.807) is 7.05 Å². The molecule has 2 rings (SSSR count). The molecule has 0 aromatic carbocycles. The molecule has 8 heteroatoms. The fourth-order valence-corrected chi connectivity index (χ4v) is 3.27. The van der Waals surface area contributed by atoms with Gasteiger partial charge in [-0.1, -0.05) is 0 Å². The van der Waals surface area contributed by atoms with E-state index in [0.717, 1.165) is 38.4 Å². The molecule has 2 saturated heterocycles. The van der Waals surface area contributed by atoms with Gasteiger partial charge in [0.15, 0.2) is 5.96 Å². The van der Waals surface area contributed by atoms with Crippen LogP contribution in [-0.2, 0) is 4.79 Å². The Morgan fingerprint density at radius 1 is 1.42 bits per heavy atom. The van der Waals surface area contributed by atoms with Crippen molar-refractivity contribution in [3.05, 3.63) is 0 Å². The molecule has 0 bridgehead atoms. The lowest BCUT2D eigenvalue weighted by Crippen LogP contribution is -2.56. The Labute approximate surface area is 144 Å². The maximum atomic E-state index is 12.1. The number of carbonyl (C=O) groups is 2. The number of carbonyl (C=O) groups excluding carboxylic acids is 2. The first kappa shape index (κ1) is 18.5. The summed E-state index contributed by atoms with van der Waals surface area (Å²) in [6, 6.07) is 0.0238. The fourth-order valence-electron chi connectivity index (χ4n) is 3.27. The van der Waals surface area contributed by atoms with Crippen LogP contribution in [0.4, 0.5) is 4.79 Å². The van der Waals surface area contributed by atoms with Crippen molar-refractivity contribution in [2.45, 2.75) is 38.3 Å². The molecular weight excluding hydrogens is 308 g/mol. The number of aliphatic imine (C=N–C) groups is 1. The largest absolute Gasteiger partial charge is 0.355 e. The van der Waals surface area contributed by atoms with Crippen LogP contribution >= 0.6 is 0 Å². The molecule has 2 fully saturated rings. The number of imide groups is 1. The van der Waals surface area contributed by atoms with Gasteiger partial charge in [-0.25, -0.2) is 4.79 Å². The fraction of sp³-hybridized carbons (Fsp3) is 0.812. The van der Waals surface area contributed by atoms with Crippen molar-refractivity contribution in [3.8, 4) is 0 Å². The summed E-state index contributed by atoms with van der Waals surface area (Å²) in [4.78, 5) is 32.3. The third-order valence-corrected chi connectivity index (χ3v) is 5.33. The van der Waals surface area contributed by atoms with Crippen LogP contribution in [0.15, 0.2) is 4.99 Å². The average Bonchev–Trinajstić information content (AvgIpc) is 2.81. The quantitative estimate of drug-likeness (QED) is 0.376. The molecule has 3 amide bonds. The molecule has 2 atom stereocenters. The topological polar surface area (TPSA) is 89.1 Å². The number of hydrogen-bond acceptors (Lipinski definition) is 4. The third kappa shape index (κ3) is 3.80. The molecule has 0 spiro atoms. The molecule has 24 heavy (non-hydrogen) atoms. The van der Waals surface area contributed by atoms with E-state index in [2.05, 4.69) is 51.8 Å². The van der Waals surface area contributed by atoms with Gasteiger partial charge in [-0.15, -0.1) is 0 Å². The van der Waals surface area contributed by atoms with Gasteiger partial charge in [0.1, 0.15) is 5.54 Å². The van der Waals surface area contributed by atoms with E-state index in [1.165, 1.54) is 0 Å². The molecule has 8 nitrogen and oxygen atoms in total. The number of amides is 3. The lowest BCUT2D eigenvalue weighted by molar-refractivity contribution is -0.125. The summed E-state index contributed by atoms with van der Waals surface area (Å²) in [6.07, 6.45) is 1.68. The monoisotopic (exact) mass is 338 g/mol. The zero-order valence-corrected chi connectivity index (χ0v) is 15.3. The molecule has 136 valence electrons. The van der Waals surface area contributed by atoms with Crippen molar-refractivity contribution in [1.82, 2.24) is 25.8 Å². The van der Waals surface area contributed by atoms with E-state index in [4.69, 9.17) is 0 Å². The Morgan fingerprint density at radius 2 is 2.04 bits per heavy atom. The maximum Gasteiger partial charge on any atom is 0.322 e. The van der Waals surface area contributed by atoms with E-state index in [1.807, 2.05) is 6.92 Å². The Kier molecular flexibility index (Phi) is 5.69. The Balaban J connectivity index is 1.89. The molecule has 2 aliphatic rings. The number of rotatable bonds is 4. The van der Waals surface area contributed by atoms with Gasteiger partial charge in [0.25, 0.3) is 5.91 Å². The first-order chi connectivity index (χ1) is 11.3. The van der Waals surface area contributed by atoms with Gasteiger partial charge < -0.3 is 20.4 Å². The summed E-state index contributed by atoms with van der Waals surface area (Å²) < 4.78 is 0. The third-order valence-electron chi connectivity index (χ3n) is 5.33. The summed E-state index contributed by atoms with van der Waals surface area (Å²) >= 11 is 0. The molecule has 2 unspecified atom stereocenters. The second-order valence-electron chi connectivity index (χ2n) is 7.11. The number of hydrogen-bond donors (Lipinski definition) is 3. The van der Waals surface area contributed by atoms with Crippen molar-refractivity contribution in [3.63, 3.8) is 0 Å². The summed E-state index contributed by atoms with van der Waals surface area (Å²) in [5, 5.41) is 8.56. The van der Waals surface area contributed by atoms with E-state index in [0.29, 0.717) is 6.04 Å². The number of nitrogens with zero attached hydrogens (tertiary/aromatic N) is 3. The molecule has 2 aliphatic heterocycles.